The van der Waals surface area contributed by atoms with Crippen LogP contribution < -0.4 is 0 Å². The molecule has 1 aliphatic heterocycles. The average molecular weight is 155 g/mol. The highest BCUT2D eigenvalue weighted by atomic mass is 16.1. The van der Waals surface area contributed by atoms with Crippen LogP contribution in [0, 0.1) is 11.3 Å². The van der Waals surface area contributed by atoms with Crippen LogP contribution in [0.15, 0.2) is 0 Å². The van der Waals surface area contributed by atoms with E-state index in [2.05, 4.69) is 25.8 Å². The quantitative estimate of drug-likeness (QED) is 0.530. The lowest BCUT2D eigenvalue weighted by molar-refractivity contribution is -0.116. The van der Waals surface area contributed by atoms with Crippen LogP contribution in [-0.4, -0.2) is 31.3 Å². The minimum Gasteiger partial charge on any atom is -0.306 e. The number of aldehydes is 1. The summed E-state index contributed by atoms with van der Waals surface area (Å²) in [7, 11) is 2.11. The molecule has 1 aliphatic rings. The number of hydrogen-bond donors (Lipinski definition) is 0. The number of carbonyl (C=O) groups excluding carboxylic acids is 1. The predicted octanol–water partition coefficient (Wildman–Crippen LogP) is 1.16. The van der Waals surface area contributed by atoms with Crippen molar-refractivity contribution in [2.45, 2.75) is 20.3 Å². The zero-order valence-corrected chi connectivity index (χ0v) is 7.63. The second kappa shape index (κ2) is 2.94. The minimum atomic E-state index is 0.175. The summed E-state index contributed by atoms with van der Waals surface area (Å²) in [5, 5.41) is 0. The third kappa shape index (κ3) is 1.80. The van der Waals surface area contributed by atoms with Gasteiger partial charge in [-0.2, -0.15) is 0 Å². The van der Waals surface area contributed by atoms with Crippen molar-refractivity contribution in [3.63, 3.8) is 0 Å². The van der Waals surface area contributed by atoms with E-state index >= 15 is 0 Å². The molecule has 1 rings (SSSR count). The highest BCUT2D eigenvalue weighted by Gasteiger charge is 2.33. The molecule has 0 radical (unpaired) electrons. The van der Waals surface area contributed by atoms with E-state index in [9.17, 15) is 4.79 Å². The van der Waals surface area contributed by atoms with Gasteiger partial charge in [-0.1, -0.05) is 13.8 Å². The molecule has 0 bridgehead atoms. The summed E-state index contributed by atoms with van der Waals surface area (Å²) in [4.78, 5) is 13.0. The van der Waals surface area contributed by atoms with Crippen molar-refractivity contribution in [1.82, 2.24) is 4.90 Å². The van der Waals surface area contributed by atoms with Gasteiger partial charge in [0.05, 0.1) is 0 Å². The Morgan fingerprint density at radius 2 is 2.18 bits per heavy atom. The second-order valence-electron chi connectivity index (χ2n) is 4.26. The van der Waals surface area contributed by atoms with Crippen molar-refractivity contribution in [2.75, 3.05) is 20.1 Å². The third-order valence-corrected chi connectivity index (χ3v) is 2.67. The molecule has 0 aromatic carbocycles. The molecule has 2 nitrogen and oxygen atoms in total. The van der Waals surface area contributed by atoms with Gasteiger partial charge in [0.1, 0.15) is 6.29 Å². The Kier molecular flexibility index (Phi) is 2.33. The number of likely N-dealkylation sites (tertiary alicyclic amines) is 1. The molecule has 0 aliphatic carbocycles. The average Bonchev–Trinajstić information content (AvgIpc) is 1.85. The van der Waals surface area contributed by atoms with E-state index in [0.717, 1.165) is 25.8 Å². The number of hydrogen-bond acceptors (Lipinski definition) is 2. The number of rotatable bonds is 1. The summed E-state index contributed by atoms with van der Waals surface area (Å²) in [5.41, 5.74) is 0.175. The van der Waals surface area contributed by atoms with E-state index in [1.807, 2.05) is 0 Å². The van der Waals surface area contributed by atoms with Crippen molar-refractivity contribution in [1.29, 1.82) is 0 Å². The topological polar surface area (TPSA) is 20.3 Å². The summed E-state index contributed by atoms with van der Waals surface area (Å²) in [6, 6.07) is 0. The maximum atomic E-state index is 10.7. The van der Waals surface area contributed by atoms with E-state index in [1.165, 1.54) is 0 Å². The normalized spacial score (nSPS) is 31.7. The first kappa shape index (κ1) is 8.72. The first-order valence-electron chi connectivity index (χ1n) is 4.20. The number of nitrogens with zero attached hydrogens (tertiary/aromatic N) is 1. The zero-order chi connectivity index (χ0) is 8.48. The second-order valence-corrected chi connectivity index (χ2v) is 4.26. The molecule has 0 spiro atoms. The van der Waals surface area contributed by atoms with Crippen LogP contribution >= 0.6 is 0 Å². The molecule has 0 aromatic heterocycles. The molecule has 1 heterocycles. The maximum Gasteiger partial charge on any atom is 0.123 e. The fraction of sp³-hybridized carbons (Fsp3) is 0.889. The standard InChI is InChI=1S/C9H17NO/c1-9(2)7-10(3)5-4-8(9)6-11/h6,8H,4-5,7H2,1-3H3. The van der Waals surface area contributed by atoms with Crippen LogP contribution in [0.2, 0.25) is 0 Å². The SMILES string of the molecule is CN1CCC(C=O)C(C)(C)C1. The predicted molar refractivity (Wildman–Crippen MR) is 45.4 cm³/mol. The van der Waals surface area contributed by atoms with Crippen molar-refractivity contribution in [3.05, 3.63) is 0 Å². The summed E-state index contributed by atoms with van der Waals surface area (Å²) < 4.78 is 0. The van der Waals surface area contributed by atoms with E-state index in [4.69, 9.17) is 0 Å². The molecule has 0 amide bonds. The third-order valence-electron chi connectivity index (χ3n) is 2.67. The number of carbonyl (C=O) groups is 1. The molecule has 2 heteroatoms. The van der Waals surface area contributed by atoms with Gasteiger partial charge in [-0.25, -0.2) is 0 Å². The van der Waals surface area contributed by atoms with E-state index < -0.39 is 0 Å². The van der Waals surface area contributed by atoms with Crippen molar-refractivity contribution in [2.24, 2.45) is 11.3 Å². The molecule has 0 saturated carbocycles. The van der Waals surface area contributed by atoms with Gasteiger partial charge in [0.15, 0.2) is 0 Å². The Balaban J connectivity index is 2.63. The molecule has 1 unspecified atom stereocenters. The molecule has 0 aromatic rings. The molecule has 64 valence electrons. The maximum absolute atomic E-state index is 10.7. The van der Waals surface area contributed by atoms with Crippen LogP contribution in [0.5, 0.6) is 0 Å². The Hall–Kier alpha value is -0.370. The first-order valence-corrected chi connectivity index (χ1v) is 4.20. The molecule has 0 N–H and O–H groups in total. The van der Waals surface area contributed by atoms with Gasteiger partial charge >= 0.3 is 0 Å². The minimum absolute atomic E-state index is 0.175. The summed E-state index contributed by atoms with van der Waals surface area (Å²) >= 11 is 0. The Morgan fingerprint density at radius 3 is 2.64 bits per heavy atom. The van der Waals surface area contributed by atoms with Gasteiger partial charge in [0.25, 0.3) is 0 Å². The summed E-state index contributed by atoms with van der Waals surface area (Å²) in [5.74, 6) is 0.263. The van der Waals surface area contributed by atoms with Crippen LogP contribution in [0.1, 0.15) is 20.3 Å². The monoisotopic (exact) mass is 155 g/mol. The van der Waals surface area contributed by atoms with E-state index in [-0.39, 0.29) is 11.3 Å². The van der Waals surface area contributed by atoms with Crippen molar-refractivity contribution in [3.8, 4) is 0 Å². The first-order chi connectivity index (χ1) is 5.06. The van der Waals surface area contributed by atoms with Gasteiger partial charge in [-0.15, -0.1) is 0 Å². The lowest BCUT2D eigenvalue weighted by Crippen LogP contribution is -2.44. The zero-order valence-electron chi connectivity index (χ0n) is 7.63. The van der Waals surface area contributed by atoms with Crippen LogP contribution in [0.25, 0.3) is 0 Å². The van der Waals surface area contributed by atoms with Gasteiger partial charge < -0.3 is 9.69 Å². The molecular weight excluding hydrogens is 138 g/mol. The lowest BCUT2D eigenvalue weighted by Gasteiger charge is -2.40. The smallest absolute Gasteiger partial charge is 0.123 e. The molecule has 1 fully saturated rings. The Bertz CT molecular complexity index is 154. The highest BCUT2D eigenvalue weighted by Crippen LogP contribution is 2.32. The van der Waals surface area contributed by atoms with Crippen LogP contribution in [0.3, 0.4) is 0 Å². The summed E-state index contributed by atoms with van der Waals surface area (Å²) in [6.45, 7) is 6.44. The van der Waals surface area contributed by atoms with E-state index in [1.54, 1.807) is 0 Å². The van der Waals surface area contributed by atoms with Gasteiger partial charge in [0, 0.05) is 12.5 Å². The molecule has 1 saturated heterocycles. The molecule has 11 heavy (non-hydrogen) atoms. The highest BCUT2D eigenvalue weighted by molar-refractivity contribution is 5.55. The van der Waals surface area contributed by atoms with Crippen molar-refractivity contribution < 1.29 is 4.79 Å². The summed E-state index contributed by atoms with van der Waals surface area (Å²) in [6.07, 6.45) is 2.14. The van der Waals surface area contributed by atoms with Crippen LogP contribution in [0.4, 0.5) is 0 Å². The van der Waals surface area contributed by atoms with E-state index in [0.29, 0.717) is 0 Å². The number of piperidine rings is 1. The van der Waals surface area contributed by atoms with Gasteiger partial charge in [-0.3, -0.25) is 0 Å². The Morgan fingerprint density at radius 1 is 1.55 bits per heavy atom. The van der Waals surface area contributed by atoms with Crippen molar-refractivity contribution >= 4 is 6.29 Å². The fourth-order valence-electron chi connectivity index (χ4n) is 1.89. The largest absolute Gasteiger partial charge is 0.306 e. The fourth-order valence-corrected chi connectivity index (χ4v) is 1.89. The Labute approximate surface area is 68.6 Å². The molecular formula is C9H17NO. The lowest BCUT2D eigenvalue weighted by atomic mass is 9.75. The van der Waals surface area contributed by atoms with Gasteiger partial charge in [0.2, 0.25) is 0 Å². The van der Waals surface area contributed by atoms with Gasteiger partial charge in [-0.05, 0) is 25.4 Å². The van der Waals surface area contributed by atoms with Crippen LogP contribution in [-0.2, 0) is 4.79 Å². The molecule has 1 atom stereocenters.